The first kappa shape index (κ1) is 12.2. The minimum atomic E-state index is 0.125. The van der Waals surface area contributed by atoms with E-state index in [4.69, 9.17) is 0 Å². The number of hydrogen-bond donors (Lipinski definition) is 1. The van der Waals surface area contributed by atoms with Gasteiger partial charge in [0.15, 0.2) is 0 Å². The van der Waals surface area contributed by atoms with Crippen LogP contribution in [0.4, 0.5) is 0 Å². The third-order valence-electron chi connectivity index (χ3n) is 3.35. The van der Waals surface area contributed by atoms with Gasteiger partial charge in [0, 0.05) is 32.5 Å². The molecule has 1 aromatic heterocycles. The standard InChI is InChI=1S/C13H21N3O/c1-14-13(10-4-5-10)11-6-7-16(8-11)9-12(17)15(2)3/h6-8,10,13-14H,4-5,9H2,1-3H3. The number of nitrogens with one attached hydrogen (secondary N) is 1. The molecule has 4 heteroatoms. The van der Waals surface area contributed by atoms with Crippen molar-refractivity contribution >= 4 is 5.91 Å². The molecule has 0 spiro atoms. The van der Waals surface area contributed by atoms with Gasteiger partial charge < -0.3 is 14.8 Å². The Morgan fingerprint density at radius 3 is 2.82 bits per heavy atom. The van der Waals surface area contributed by atoms with Crippen molar-refractivity contribution in [1.29, 1.82) is 0 Å². The maximum Gasteiger partial charge on any atom is 0.241 e. The SMILES string of the molecule is CNC(c1ccn(CC(=O)N(C)C)c1)C1CC1. The summed E-state index contributed by atoms with van der Waals surface area (Å²) >= 11 is 0. The van der Waals surface area contributed by atoms with Crippen molar-refractivity contribution in [2.24, 2.45) is 5.92 Å². The van der Waals surface area contributed by atoms with Gasteiger partial charge in [-0.1, -0.05) is 0 Å². The summed E-state index contributed by atoms with van der Waals surface area (Å²) in [6.07, 6.45) is 6.70. The first-order valence-corrected chi connectivity index (χ1v) is 6.15. The van der Waals surface area contributed by atoms with Gasteiger partial charge in [0.25, 0.3) is 0 Å². The van der Waals surface area contributed by atoms with E-state index in [-0.39, 0.29) is 5.91 Å². The molecule has 1 amide bonds. The number of likely N-dealkylation sites (N-methyl/N-ethyl adjacent to an activating group) is 1. The largest absolute Gasteiger partial charge is 0.347 e. The van der Waals surface area contributed by atoms with Crippen molar-refractivity contribution < 1.29 is 4.79 Å². The van der Waals surface area contributed by atoms with Crippen LogP contribution in [0.3, 0.4) is 0 Å². The van der Waals surface area contributed by atoms with Crippen LogP contribution in [0.15, 0.2) is 18.5 Å². The molecule has 1 aromatic rings. The highest BCUT2D eigenvalue weighted by Crippen LogP contribution is 2.40. The summed E-state index contributed by atoms with van der Waals surface area (Å²) in [6.45, 7) is 0.425. The van der Waals surface area contributed by atoms with Gasteiger partial charge in [-0.25, -0.2) is 0 Å². The van der Waals surface area contributed by atoms with Gasteiger partial charge in [-0.2, -0.15) is 0 Å². The lowest BCUT2D eigenvalue weighted by molar-refractivity contribution is -0.129. The van der Waals surface area contributed by atoms with Crippen LogP contribution in [0.25, 0.3) is 0 Å². The zero-order valence-electron chi connectivity index (χ0n) is 10.8. The minimum absolute atomic E-state index is 0.125. The monoisotopic (exact) mass is 235 g/mol. The predicted molar refractivity (Wildman–Crippen MR) is 67.7 cm³/mol. The topological polar surface area (TPSA) is 37.3 Å². The van der Waals surface area contributed by atoms with E-state index >= 15 is 0 Å². The van der Waals surface area contributed by atoms with E-state index in [1.54, 1.807) is 19.0 Å². The maximum atomic E-state index is 11.6. The van der Waals surface area contributed by atoms with Crippen LogP contribution < -0.4 is 5.32 Å². The molecule has 1 atom stereocenters. The molecule has 2 rings (SSSR count). The Morgan fingerprint density at radius 1 is 1.59 bits per heavy atom. The van der Waals surface area contributed by atoms with Crippen LogP contribution in [-0.2, 0) is 11.3 Å². The lowest BCUT2D eigenvalue weighted by Crippen LogP contribution is -2.25. The third kappa shape index (κ3) is 2.88. The number of hydrogen-bond acceptors (Lipinski definition) is 2. The number of rotatable bonds is 5. The Kier molecular flexibility index (Phi) is 3.52. The lowest BCUT2D eigenvalue weighted by Gasteiger charge is -2.14. The summed E-state index contributed by atoms with van der Waals surface area (Å²) in [6, 6.07) is 2.56. The Balaban J connectivity index is 2.02. The quantitative estimate of drug-likeness (QED) is 0.834. The average molecular weight is 235 g/mol. The Bertz CT molecular complexity index is 393. The average Bonchev–Trinajstić information content (AvgIpc) is 3.01. The van der Waals surface area contributed by atoms with Crippen molar-refractivity contribution in [2.45, 2.75) is 25.4 Å². The fourth-order valence-corrected chi connectivity index (χ4v) is 2.14. The second-order valence-electron chi connectivity index (χ2n) is 5.01. The van der Waals surface area contributed by atoms with E-state index in [1.165, 1.54) is 18.4 Å². The summed E-state index contributed by atoms with van der Waals surface area (Å²) in [4.78, 5) is 13.2. The molecule has 94 valence electrons. The van der Waals surface area contributed by atoms with Crippen molar-refractivity contribution in [2.75, 3.05) is 21.1 Å². The fraction of sp³-hybridized carbons (Fsp3) is 0.615. The van der Waals surface area contributed by atoms with E-state index in [0.29, 0.717) is 12.6 Å². The molecule has 1 aliphatic carbocycles. The number of carbonyl (C=O) groups is 1. The molecule has 1 aliphatic rings. The Hall–Kier alpha value is -1.29. The molecule has 1 saturated carbocycles. The van der Waals surface area contributed by atoms with Crippen LogP contribution in [0, 0.1) is 5.92 Å². The highest BCUT2D eigenvalue weighted by molar-refractivity contribution is 5.75. The van der Waals surface area contributed by atoms with Crippen LogP contribution in [0.2, 0.25) is 0 Å². The van der Waals surface area contributed by atoms with Crippen LogP contribution in [0.5, 0.6) is 0 Å². The van der Waals surface area contributed by atoms with Crippen molar-refractivity contribution in [3.63, 3.8) is 0 Å². The van der Waals surface area contributed by atoms with Gasteiger partial charge >= 0.3 is 0 Å². The first-order valence-electron chi connectivity index (χ1n) is 6.15. The van der Waals surface area contributed by atoms with Gasteiger partial charge in [0.2, 0.25) is 5.91 Å². The molecule has 0 saturated heterocycles. The summed E-state index contributed by atoms with van der Waals surface area (Å²) in [5.41, 5.74) is 1.29. The zero-order chi connectivity index (χ0) is 12.4. The molecule has 0 bridgehead atoms. The van der Waals surface area contributed by atoms with E-state index in [0.717, 1.165) is 5.92 Å². The number of nitrogens with zero attached hydrogens (tertiary/aromatic N) is 2. The van der Waals surface area contributed by atoms with Crippen LogP contribution in [-0.4, -0.2) is 36.5 Å². The van der Waals surface area contributed by atoms with Crippen molar-refractivity contribution in [3.05, 3.63) is 24.0 Å². The van der Waals surface area contributed by atoms with Crippen molar-refractivity contribution in [3.8, 4) is 0 Å². The Labute approximate surface area is 103 Å². The van der Waals surface area contributed by atoms with Gasteiger partial charge in [-0.15, -0.1) is 0 Å². The number of amides is 1. The summed E-state index contributed by atoms with van der Waals surface area (Å²) in [5.74, 6) is 0.903. The van der Waals surface area contributed by atoms with Gasteiger partial charge in [0.05, 0.1) is 0 Å². The second-order valence-corrected chi connectivity index (χ2v) is 5.01. The maximum absolute atomic E-state index is 11.6. The molecule has 1 heterocycles. The van der Waals surface area contributed by atoms with Gasteiger partial charge in [-0.05, 0) is 37.4 Å². The van der Waals surface area contributed by atoms with Crippen LogP contribution in [0.1, 0.15) is 24.4 Å². The lowest BCUT2D eigenvalue weighted by atomic mass is 10.1. The molecule has 0 aliphatic heterocycles. The first-order chi connectivity index (χ1) is 8.11. The van der Waals surface area contributed by atoms with E-state index < -0.39 is 0 Å². The summed E-state index contributed by atoms with van der Waals surface area (Å²) in [7, 11) is 5.58. The molecule has 17 heavy (non-hydrogen) atoms. The molecule has 0 aromatic carbocycles. The predicted octanol–water partition coefficient (Wildman–Crippen LogP) is 1.25. The minimum Gasteiger partial charge on any atom is -0.347 e. The van der Waals surface area contributed by atoms with E-state index in [1.807, 2.05) is 17.8 Å². The second kappa shape index (κ2) is 4.92. The highest BCUT2D eigenvalue weighted by atomic mass is 16.2. The highest BCUT2D eigenvalue weighted by Gasteiger charge is 2.31. The van der Waals surface area contributed by atoms with E-state index in [9.17, 15) is 4.79 Å². The fourth-order valence-electron chi connectivity index (χ4n) is 2.14. The molecule has 1 N–H and O–H groups in total. The zero-order valence-corrected chi connectivity index (χ0v) is 10.8. The molecule has 1 unspecified atom stereocenters. The van der Waals surface area contributed by atoms with Gasteiger partial charge in [0.1, 0.15) is 6.54 Å². The van der Waals surface area contributed by atoms with Gasteiger partial charge in [-0.3, -0.25) is 4.79 Å². The summed E-state index contributed by atoms with van der Waals surface area (Å²) in [5, 5.41) is 3.36. The normalized spacial score (nSPS) is 16.9. The smallest absolute Gasteiger partial charge is 0.241 e. The summed E-state index contributed by atoms with van der Waals surface area (Å²) < 4.78 is 1.96. The number of carbonyl (C=O) groups excluding carboxylic acids is 1. The third-order valence-corrected chi connectivity index (χ3v) is 3.35. The molecule has 0 radical (unpaired) electrons. The Morgan fingerprint density at radius 2 is 2.29 bits per heavy atom. The van der Waals surface area contributed by atoms with Crippen LogP contribution >= 0.6 is 0 Å². The molecular formula is C13H21N3O. The van der Waals surface area contributed by atoms with Crippen molar-refractivity contribution in [1.82, 2.24) is 14.8 Å². The molecule has 4 nitrogen and oxygen atoms in total. The molecular weight excluding hydrogens is 214 g/mol. The molecule has 1 fully saturated rings. The van der Waals surface area contributed by atoms with E-state index in [2.05, 4.69) is 17.6 Å². The number of aromatic nitrogens is 1.